The first-order chi connectivity index (χ1) is 12.7. The summed E-state index contributed by atoms with van der Waals surface area (Å²) in [6, 6.07) is 26.6. The number of aromatic hydroxyl groups is 2. The van der Waals surface area contributed by atoms with E-state index in [0.717, 1.165) is 21.9 Å². The Morgan fingerprint density at radius 1 is 0.654 bits per heavy atom. The highest BCUT2D eigenvalue weighted by molar-refractivity contribution is 6.03. The maximum Gasteiger partial charge on any atom is 0.141 e. The first-order valence-electron chi connectivity index (χ1n) is 8.35. The van der Waals surface area contributed by atoms with Gasteiger partial charge in [0, 0.05) is 11.8 Å². The number of rotatable bonds is 3. The van der Waals surface area contributed by atoms with E-state index >= 15 is 0 Å². The third-order valence-corrected chi connectivity index (χ3v) is 4.36. The van der Waals surface area contributed by atoms with Gasteiger partial charge in [-0.15, -0.1) is 0 Å². The molecule has 0 atom stereocenters. The van der Waals surface area contributed by atoms with Crippen LogP contribution < -0.4 is 0 Å². The summed E-state index contributed by atoms with van der Waals surface area (Å²) in [7, 11) is 0. The average molecular weight is 339 g/mol. The Labute approximate surface area is 151 Å². The van der Waals surface area contributed by atoms with Gasteiger partial charge in [-0.2, -0.15) is 0 Å². The molecule has 0 aliphatic carbocycles. The number of hydrogen-bond donors (Lipinski definition) is 2. The summed E-state index contributed by atoms with van der Waals surface area (Å²) < 4.78 is 0. The van der Waals surface area contributed by atoms with E-state index in [1.807, 2.05) is 72.8 Å². The van der Waals surface area contributed by atoms with Crippen LogP contribution in [0.1, 0.15) is 5.56 Å². The van der Waals surface area contributed by atoms with Gasteiger partial charge in [0.1, 0.15) is 17.2 Å². The van der Waals surface area contributed by atoms with Gasteiger partial charge < -0.3 is 10.2 Å². The minimum atomic E-state index is 0.0978. The second kappa shape index (κ2) is 6.73. The van der Waals surface area contributed by atoms with Crippen molar-refractivity contribution in [2.75, 3.05) is 0 Å². The maximum absolute atomic E-state index is 10.2. The topological polar surface area (TPSA) is 52.8 Å². The van der Waals surface area contributed by atoms with Crippen LogP contribution in [0.2, 0.25) is 0 Å². The van der Waals surface area contributed by atoms with E-state index in [1.165, 1.54) is 0 Å². The lowest BCUT2D eigenvalue weighted by Crippen LogP contribution is -1.86. The number of hydrogen-bond acceptors (Lipinski definition) is 3. The van der Waals surface area contributed by atoms with Crippen molar-refractivity contribution in [1.29, 1.82) is 0 Å². The molecule has 0 bridgehead atoms. The van der Waals surface area contributed by atoms with Crippen LogP contribution in [-0.4, -0.2) is 16.4 Å². The molecule has 0 spiro atoms. The smallest absolute Gasteiger partial charge is 0.141 e. The highest BCUT2D eigenvalue weighted by Crippen LogP contribution is 2.33. The largest absolute Gasteiger partial charge is 0.507 e. The zero-order valence-electron chi connectivity index (χ0n) is 14.0. The first-order valence-corrected chi connectivity index (χ1v) is 8.35. The molecule has 2 N–H and O–H groups in total. The van der Waals surface area contributed by atoms with Gasteiger partial charge in [-0.1, -0.05) is 66.7 Å². The third-order valence-electron chi connectivity index (χ3n) is 4.36. The fraction of sp³-hybridized carbons (Fsp3) is 0. The Balaban J connectivity index is 1.77. The molecule has 0 heterocycles. The molecule has 3 heteroatoms. The molecule has 0 aromatic heterocycles. The van der Waals surface area contributed by atoms with Crippen molar-refractivity contribution >= 4 is 22.7 Å². The van der Waals surface area contributed by atoms with E-state index < -0.39 is 0 Å². The Hall–Kier alpha value is -3.59. The molecule has 0 amide bonds. The van der Waals surface area contributed by atoms with Gasteiger partial charge >= 0.3 is 0 Å². The van der Waals surface area contributed by atoms with Gasteiger partial charge in [0.05, 0.1) is 0 Å². The number of aliphatic imine (C=N–C) groups is 1. The predicted molar refractivity (Wildman–Crippen MR) is 106 cm³/mol. The molecule has 126 valence electrons. The van der Waals surface area contributed by atoms with E-state index in [-0.39, 0.29) is 11.5 Å². The minimum absolute atomic E-state index is 0.0978. The van der Waals surface area contributed by atoms with Crippen LogP contribution in [0.15, 0.2) is 89.9 Å². The Morgan fingerprint density at radius 2 is 1.38 bits per heavy atom. The van der Waals surface area contributed by atoms with Crippen LogP contribution in [0.5, 0.6) is 11.5 Å². The molecule has 0 saturated carbocycles. The zero-order valence-corrected chi connectivity index (χ0v) is 14.0. The molecule has 0 aliphatic heterocycles. The van der Waals surface area contributed by atoms with Crippen LogP contribution in [0, 0.1) is 0 Å². The Bertz CT molecular complexity index is 1100. The molecule has 4 rings (SSSR count). The number of phenols is 2. The van der Waals surface area contributed by atoms with Crippen LogP contribution >= 0.6 is 0 Å². The molecule has 0 aliphatic rings. The monoisotopic (exact) mass is 339 g/mol. The van der Waals surface area contributed by atoms with Gasteiger partial charge in [-0.05, 0) is 40.1 Å². The number of benzene rings is 4. The third kappa shape index (κ3) is 3.03. The maximum atomic E-state index is 10.2. The predicted octanol–water partition coefficient (Wildman–Crippen LogP) is 5.67. The van der Waals surface area contributed by atoms with Crippen molar-refractivity contribution in [2.45, 2.75) is 0 Å². The number of nitrogens with zero attached hydrogens (tertiary/aromatic N) is 1. The van der Waals surface area contributed by atoms with E-state index in [4.69, 9.17) is 0 Å². The molecule has 0 saturated heterocycles. The van der Waals surface area contributed by atoms with E-state index in [2.05, 4.69) is 4.99 Å². The van der Waals surface area contributed by atoms with Gasteiger partial charge in [-0.3, -0.25) is 4.99 Å². The van der Waals surface area contributed by atoms with Gasteiger partial charge in [-0.25, -0.2) is 0 Å². The second-order valence-electron chi connectivity index (χ2n) is 6.05. The van der Waals surface area contributed by atoms with Gasteiger partial charge in [0.25, 0.3) is 0 Å². The molecular formula is C23H17NO2. The van der Waals surface area contributed by atoms with Crippen LogP contribution in [0.25, 0.3) is 21.9 Å². The van der Waals surface area contributed by atoms with E-state index in [1.54, 1.807) is 18.3 Å². The molecule has 0 unspecified atom stereocenters. The van der Waals surface area contributed by atoms with E-state index in [0.29, 0.717) is 11.3 Å². The van der Waals surface area contributed by atoms with Crippen molar-refractivity contribution in [1.82, 2.24) is 0 Å². The lowest BCUT2D eigenvalue weighted by Gasteiger charge is -2.06. The van der Waals surface area contributed by atoms with Crippen molar-refractivity contribution in [2.24, 2.45) is 4.99 Å². The minimum Gasteiger partial charge on any atom is -0.507 e. The number of fused-ring (bicyclic) bond motifs is 1. The normalized spacial score (nSPS) is 11.2. The lowest BCUT2D eigenvalue weighted by molar-refractivity contribution is 0.474. The zero-order chi connectivity index (χ0) is 17.9. The lowest BCUT2D eigenvalue weighted by atomic mass is 10.0. The summed E-state index contributed by atoms with van der Waals surface area (Å²) in [5.74, 6) is 0.256. The van der Waals surface area contributed by atoms with Gasteiger partial charge in [0.2, 0.25) is 0 Å². The van der Waals surface area contributed by atoms with Crippen molar-refractivity contribution < 1.29 is 10.2 Å². The van der Waals surface area contributed by atoms with E-state index in [9.17, 15) is 10.2 Å². The standard InChI is InChI=1S/C23H17NO2/c25-22-12-10-17-8-4-5-9-19(17)20(22)15-24-21-14-18(11-13-23(21)26)16-6-2-1-3-7-16/h1-15,25-26H. The number of phenolic OH excluding ortho intramolecular Hbond substituents is 2. The molecule has 4 aromatic carbocycles. The highest BCUT2D eigenvalue weighted by Gasteiger charge is 2.06. The molecule has 3 nitrogen and oxygen atoms in total. The molecular weight excluding hydrogens is 322 g/mol. The molecule has 0 fully saturated rings. The van der Waals surface area contributed by atoms with Crippen LogP contribution in [-0.2, 0) is 0 Å². The Kier molecular flexibility index (Phi) is 4.12. The van der Waals surface area contributed by atoms with Crippen LogP contribution in [0.3, 0.4) is 0 Å². The molecule has 26 heavy (non-hydrogen) atoms. The fourth-order valence-corrected chi connectivity index (χ4v) is 2.99. The summed E-state index contributed by atoms with van der Waals surface area (Å²) in [4.78, 5) is 4.44. The van der Waals surface area contributed by atoms with Crippen molar-refractivity contribution in [3.8, 4) is 22.6 Å². The summed E-state index contributed by atoms with van der Waals surface area (Å²) in [6.45, 7) is 0. The fourth-order valence-electron chi connectivity index (χ4n) is 2.99. The first kappa shape index (κ1) is 15.9. The van der Waals surface area contributed by atoms with Gasteiger partial charge in [0.15, 0.2) is 0 Å². The second-order valence-corrected chi connectivity index (χ2v) is 6.05. The highest BCUT2D eigenvalue weighted by atomic mass is 16.3. The molecule has 0 radical (unpaired) electrons. The summed E-state index contributed by atoms with van der Waals surface area (Å²) >= 11 is 0. The van der Waals surface area contributed by atoms with Crippen LogP contribution in [0.4, 0.5) is 5.69 Å². The molecule has 4 aromatic rings. The summed E-state index contributed by atoms with van der Waals surface area (Å²) in [6.07, 6.45) is 1.60. The quantitative estimate of drug-likeness (QED) is 0.473. The average Bonchev–Trinajstić information content (AvgIpc) is 2.69. The SMILES string of the molecule is Oc1ccc(-c2ccccc2)cc1N=Cc1c(O)ccc2ccccc12. The van der Waals surface area contributed by atoms with Crippen molar-refractivity contribution in [3.05, 3.63) is 90.5 Å². The Morgan fingerprint density at radius 3 is 2.23 bits per heavy atom. The summed E-state index contributed by atoms with van der Waals surface area (Å²) in [5.41, 5.74) is 3.11. The van der Waals surface area contributed by atoms with Crippen molar-refractivity contribution in [3.63, 3.8) is 0 Å². The summed E-state index contributed by atoms with van der Waals surface area (Å²) in [5, 5.41) is 22.3.